The SMILES string of the molecule is Cc1cc([C@@H](C)Nc2cccnc2Cl)c2oc(-c3ccc4nn(C)cc4c3)c(C)c(=O)c2c1. The zero-order valence-corrected chi connectivity index (χ0v) is 19.6. The molecule has 6 nitrogen and oxygen atoms in total. The number of benzene rings is 2. The fraction of sp³-hybridized carbons (Fsp3) is 0.192. The van der Waals surface area contributed by atoms with E-state index in [9.17, 15) is 4.79 Å². The van der Waals surface area contributed by atoms with E-state index in [2.05, 4.69) is 15.4 Å². The number of nitrogens with zero attached hydrogens (tertiary/aromatic N) is 3. The molecule has 5 rings (SSSR count). The van der Waals surface area contributed by atoms with Gasteiger partial charge in [0.05, 0.1) is 22.6 Å². The Bertz CT molecular complexity index is 1590. The number of rotatable bonds is 4. The van der Waals surface area contributed by atoms with Crippen LogP contribution >= 0.6 is 11.6 Å². The second-order valence-corrected chi connectivity index (χ2v) is 8.76. The van der Waals surface area contributed by atoms with E-state index < -0.39 is 0 Å². The van der Waals surface area contributed by atoms with Crippen LogP contribution in [0, 0.1) is 13.8 Å². The summed E-state index contributed by atoms with van der Waals surface area (Å²) in [5.74, 6) is 0.565. The maximum atomic E-state index is 13.4. The summed E-state index contributed by atoms with van der Waals surface area (Å²) in [5, 5.41) is 9.78. The fourth-order valence-corrected chi connectivity index (χ4v) is 4.43. The Morgan fingerprint density at radius 1 is 1.15 bits per heavy atom. The number of hydrogen-bond acceptors (Lipinski definition) is 5. The van der Waals surface area contributed by atoms with Gasteiger partial charge in [-0.25, -0.2) is 4.98 Å². The highest BCUT2D eigenvalue weighted by Gasteiger charge is 2.20. The Labute approximate surface area is 195 Å². The van der Waals surface area contributed by atoms with Crippen molar-refractivity contribution in [2.45, 2.75) is 26.8 Å². The summed E-state index contributed by atoms with van der Waals surface area (Å²) in [7, 11) is 1.89. The number of hydrogen-bond donors (Lipinski definition) is 1. The molecule has 5 aromatic rings. The van der Waals surface area contributed by atoms with Crippen molar-refractivity contribution in [3.63, 3.8) is 0 Å². The van der Waals surface area contributed by atoms with Crippen LogP contribution in [0.3, 0.4) is 0 Å². The summed E-state index contributed by atoms with van der Waals surface area (Å²) in [6.45, 7) is 5.80. The van der Waals surface area contributed by atoms with E-state index in [1.54, 1.807) is 10.9 Å². The van der Waals surface area contributed by atoms with E-state index in [1.165, 1.54) is 0 Å². The van der Waals surface area contributed by atoms with Gasteiger partial charge in [-0.2, -0.15) is 5.10 Å². The number of fused-ring (bicyclic) bond motifs is 2. The Hall–Kier alpha value is -3.64. The monoisotopic (exact) mass is 458 g/mol. The molecule has 0 aliphatic heterocycles. The molecule has 0 spiro atoms. The van der Waals surface area contributed by atoms with Crippen molar-refractivity contribution >= 4 is 39.2 Å². The van der Waals surface area contributed by atoms with Crippen molar-refractivity contribution in [3.8, 4) is 11.3 Å². The molecule has 166 valence electrons. The van der Waals surface area contributed by atoms with Crippen molar-refractivity contribution in [3.05, 3.63) is 86.9 Å². The molecule has 0 aliphatic rings. The maximum Gasteiger partial charge on any atom is 0.196 e. The molecule has 3 heterocycles. The number of halogens is 1. The summed E-state index contributed by atoms with van der Waals surface area (Å²) in [5.41, 5.74) is 5.44. The first kappa shape index (κ1) is 21.2. The molecule has 0 unspecified atom stereocenters. The molecule has 0 saturated heterocycles. The standard InChI is InChI=1S/C26H23ClN4O2/c1-14-10-19(16(3)29-22-6-5-9-28-26(22)27)25-20(11-14)23(32)15(2)24(33-25)17-7-8-21-18(12-17)13-31(4)30-21/h5-13,16,29H,1-4H3/t16-/m1/s1. The van der Waals surface area contributed by atoms with E-state index in [-0.39, 0.29) is 11.5 Å². The van der Waals surface area contributed by atoms with Crippen LogP contribution in [0.1, 0.15) is 29.7 Å². The maximum absolute atomic E-state index is 13.4. The first-order chi connectivity index (χ1) is 15.8. The number of aromatic nitrogens is 3. The number of pyridine rings is 1. The highest BCUT2D eigenvalue weighted by atomic mass is 35.5. The molecule has 0 amide bonds. The largest absolute Gasteiger partial charge is 0.455 e. The number of aryl methyl sites for hydroxylation is 2. The third-order valence-corrected chi connectivity index (χ3v) is 6.17. The van der Waals surface area contributed by atoms with E-state index in [0.717, 1.165) is 33.3 Å². The van der Waals surface area contributed by atoms with Gasteiger partial charge in [0, 0.05) is 41.5 Å². The van der Waals surface area contributed by atoms with Crippen LogP contribution in [0.2, 0.25) is 5.15 Å². The smallest absolute Gasteiger partial charge is 0.196 e. The average molecular weight is 459 g/mol. The lowest BCUT2D eigenvalue weighted by atomic mass is 9.98. The Balaban J connectivity index is 1.69. The van der Waals surface area contributed by atoms with E-state index in [4.69, 9.17) is 16.0 Å². The molecule has 0 saturated carbocycles. The van der Waals surface area contributed by atoms with Crippen LogP contribution in [0.5, 0.6) is 0 Å². The van der Waals surface area contributed by atoms with Crippen LogP contribution in [-0.4, -0.2) is 14.8 Å². The second-order valence-electron chi connectivity index (χ2n) is 8.40. The summed E-state index contributed by atoms with van der Waals surface area (Å²) in [4.78, 5) is 17.5. The Morgan fingerprint density at radius 2 is 1.97 bits per heavy atom. The lowest BCUT2D eigenvalue weighted by Crippen LogP contribution is -2.12. The molecule has 0 bridgehead atoms. The van der Waals surface area contributed by atoms with E-state index in [0.29, 0.717) is 27.4 Å². The van der Waals surface area contributed by atoms with E-state index in [1.807, 2.05) is 76.5 Å². The van der Waals surface area contributed by atoms with Gasteiger partial charge in [0.25, 0.3) is 0 Å². The van der Waals surface area contributed by atoms with Gasteiger partial charge in [-0.1, -0.05) is 17.7 Å². The first-order valence-corrected chi connectivity index (χ1v) is 11.1. The molecule has 3 aromatic heterocycles. The van der Waals surface area contributed by atoms with Gasteiger partial charge < -0.3 is 9.73 Å². The summed E-state index contributed by atoms with van der Waals surface area (Å²) < 4.78 is 8.25. The van der Waals surface area contributed by atoms with Gasteiger partial charge in [-0.3, -0.25) is 9.48 Å². The number of anilines is 1. The van der Waals surface area contributed by atoms with Gasteiger partial charge in [0.15, 0.2) is 10.6 Å². The highest BCUT2D eigenvalue weighted by molar-refractivity contribution is 6.31. The number of nitrogens with one attached hydrogen (secondary N) is 1. The molecule has 1 atom stereocenters. The lowest BCUT2D eigenvalue weighted by molar-refractivity contribution is 0.606. The topological polar surface area (TPSA) is 73.0 Å². The molecule has 0 aliphatic carbocycles. The predicted molar refractivity (Wildman–Crippen MR) is 133 cm³/mol. The van der Waals surface area contributed by atoms with Crippen molar-refractivity contribution in [1.82, 2.24) is 14.8 Å². The Kier molecular flexibility index (Phi) is 5.17. The van der Waals surface area contributed by atoms with Gasteiger partial charge in [0.1, 0.15) is 11.3 Å². The zero-order chi connectivity index (χ0) is 23.3. The summed E-state index contributed by atoms with van der Waals surface area (Å²) in [6.07, 6.45) is 3.60. The molecule has 7 heteroatoms. The quantitative estimate of drug-likeness (QED) is 0.325. The normalized spacial score (nSPS) is 12.4. The van der Waals surface area contributed by atoms with Crippen LogP contribution in [0.25, 0.3) is 33.2 Å². The molecule has 1 N–H and O–H groups in total. The van der Waals surface area contributed by atoms with Crippen molar-refractivity contribution < 1.29 is 4.42 Å². The lowest BCUT2D eigenvalue weighted by Gasteiger charge is -2.19. The molecular formula is C26H23ClN4O2. The zero-order valence-electron chi connectivity index (χ0n) is 18.8. The van der Waals surface area contributed by atoms with Crippen molar-refractivity contribution in [2.75, 3.05) is 5.32 Å². The predicted octanol–water partition coefficient (Wildman–Crippen LogP) is 6.19. The van der Waals surface area contributed by atoms with E-state index >= 15 is 0 Å². The van der Waals surface area contributed by atoms with Gasteiger partial charge in [0.2, 0.25) is 0 Å². The first-order valence-electron chi connectivity index (χ1n) is 10.7. The fourth-order valence-electron chi connectivity index (χ4n) is 4.26. The molecule has 0 fully saturated rings. The van der Waals surface area contributed by atoms with Gasteiger partial charge >= 0.3 is 0 Å². The second kappa shape index (κ2) is 8.05. The third-order valence-electron chi connectivity index (χ3n) is 5.87. The summed E-state index contributed by atoms with van der Waals surface area (Å²) >= 11 is 6.25. The van der Waals surface area contributed by atoms with Crippen LogP contribution < -0.4 is 10.7 Å². The molecule has 0 radical (unpaired) electrons. The van der Waals surface area contributed by atoms with Gasteiger partial charge in [-0.15, -0.1) is 0 Å². The van der Waals surface area contributed by atoms with Crippen LogP contribution in [-0.2, 0) is 7.05 Å². The van der Waals surface area contributed by atoms with Crippen molar-refractivity contribution in [2.24, 2.45) is 7.05 Å². The van der Waals surface area contributed by atoms with Crippen LogP contribution in [0.15, 0.2) is 64.1 Å². The average Bonchev–Trinajstić information content (AvgIpc) is 3.16. The highest BCUT2D eigenvalue weighted by Crippen LogP contribution is 2.33. The van der Waals surface area contributed by atoms with Crippen LogP contribution in [0.4, 0.5) is 5.69 Å². The Morgan fingerprint density at radius 3 is 2.76 bits per heavy atom. The minimum absolute atomic E-state index is 0.0332. The summed E-state index contributed by atoms with van der Waals surface area (Å²) in [6, 6.07) is 13.3. The minimum atomic E-state index is -0.173. The van der Waals surface area contributed by atoms with Crippen molar-refractivity contribution in [1.29, 1.82) is 0 Å². The minimum Gasteiger partial charge on any atom is -0.455 e. The molecule has 2 aromatic carbocycles. The van der Waals surface area contributed by atoms with Gasteiger partial charge in [-0.05, 0) is 62.7 Å². The molecule has 33 heavy (non-hydrogen) atoms. The molecular weight excluding hydrogens is 436 g/mol. The third kappa shape index (κ3) is 3.76.